The molecule has 0 aromatic carbocycles. The lowest BCUT2D eigenvalue weighted by Gasteiger charge is -2.12. The first-order chi connectivity index (χ1) is 14.5. The van der Waals surface area contributed by atoms with Gasteiger partial charge in [0.2, 0.25) is 0 Å². The van der Waals surface area contributed by atoms with Crippen LogP contribution in [0.5, 0.6) is 0 Å². The second-order valence-corrected chi connectivity index (χ2v) is 9.76. The molecule has 0 atom stereocenters. The first kappa shape index (κ1) is 21.1. The third kappa shape index (κ3) is 3.58. The maximum absolute atomic E-state index is 13.2. The van der Waals surface area contributed by atoms with Crippen LogP contribution < -0.4 is 5.56 Å². The molecule has 0 N–H and O–H groups in total. The molecule has 1 aliphatic carbocycles. The largest absolute Gasteiger partial charge is 0.345 e. The molecule has 0 fully saturated rings. The number of ketones is 1. The molecule has 0 amide bonds. The molecule has 0 aliphatic heterocycles. The standard InChI is InChI=1S/C23H27N3O2S2/c1-5-11-26-14(3)12-17(15(26)4)18(27)13-29-23-24-21-20(22(28)25(23)6-2)16-9-7-8-10-19(16)30-21/h5,12H,1,6-11,13H2,2-4H3. The number of hydrogen-bond acceptors (Lipinski definition) is 5. The van der Waals surface area contributed by atoms with Gasteiger partial charge in [0.15, 0.2) is 10.9 Å². The minimum Gasteiger partial charge on any atom is -0.345 e. The number of carbonyl (C=O) groups is 1. The molecular weight excluding hydrogens is 414 g/mol. The number of aryl methyl sites for hydroxylation is 3. The zero-order chi connectivity index (χ0) is 21.4. The Hall–Kier alpha value is -2.12. The zero-order valence-electron chi connectivity index (χ0n) is 17.8. The van der Waals surface area contributed by atoms with Gasteiger partial charge in [0.25, 0.3) is 5.56 Å². The highest BCUT2D eigenvalue weighted by Gasteiger charge is 2.23. The number of carbonyl (C=O) groups excluding carboxylic acids is 1. The van der Waals surface area contributed by atoms with Crippen LogP contribution in [-0.2, 0) is 25.9 Å². The van der Waals surface area contributed by atoms with Gasteiger partial charge in [-0.2, -0.15) is 0 Å². The molecule has 5 nitrogen and oxygen atoms in total. The summed E-state index contributed by atoms with van der Waals surface area (Å²) in [7, 11) is 0. The van der Waals surface area contributed by atoms with Crippen molar-refractivity contribution < 1.29 is 4.79 Å². The van der Waals surface area contributed by atoms with Crippen LogP contribution in [0.3, 0.4) is 0 Å². The summed E-state index contributed by atoms with van der Waals surface area (Å²) < 4.78 is 3.82. The molecule has 3 heterocycles. The number of nitrogens with zero attached hydrogens (tertiary/aromatic N) is 3. The highest BCUT2D eigenvalue weighted by Crippen LogP contribution is 2.34. The predicted octanol–water partition coefficient (Wildman–Crippen LogP) is 4.94. The van der Waals surface area contributed by atoms with Crippen LogP contribution in [0.1, 0.15) is 52.0 Å². The average molecular weight is 442 g/mol. The Morgan fingerprint density at radius 1 is 1.30 bits per heavy atom. The summed E-state index contributed by atoms with van der Waals surface area (Å²) in [6, 6.07) is 1.94. The topological polar surface area (TPSA) is 56.9 Å². The van der Waals surface area contributed by atoms with Gasteiger partial charge < -0.3 is 4.57 Å². The van der Waals surface area contributed by atoms with Crippen LogP contribution in [0.4, 0.5) is 0 Å². The van der Waals surface area contributed by atoms with Crippen LogP contribution >= 0.6 is 23.1 Å². The van der Waals surface area contributed by atoms with Crippen LogP contribution in [0, 0.1) is 13.8 Å². The molecule has 0 bridgehead atoms. The van der Waals surface area contributed by atoms with Crippen molar-refractivity contribution in [3.8, 4) is 0 Å². The van der Waals surface area contributed by atoms with E-state index >= 15 is 0 Å². The van der Waals surface area contributed by atoms with E-state index in [1.807, 2.05) is 32.9 Å². The fourth-order valence-corrected chi connectivity index (χ4v) is 6.56. The second kappa shape index (κ2) is 8.55. The van der Waals surface area contributed by atoms with Crippen LogP contribution in [0.2, 0.25) is 0 Å². The number of rotatable bonds is 7. The Morgan fingerprint density at radius 2 is 2.07 bits per heavy atom. The van der Waals surface area contributed by atoms with Crippen LogP contribution in [0.15, 0.2) is 28.7 Å². The minimum atomic E-state index is 0.0426. The van der Waals surface area contributed by atoms with E-state index in [2.05, 4.69) is 11.1 Å². The highest BCUT2D eigenvalue weighted by molar-refractivity contribution is 7.99. The Balaban J connectivity index is 1.64. The van der Waals surface area contributed by atoms with Crippen molar-refractivity contribution in [3.05, 3.63) is 56.5 Å². The van der Waals surface area contributed by atoms with Gasteiger partial charge in [-0.05, 0) is 58.1 Å². The van der Waals surface area contributed by atoms with Gasteiger partial charge >= 0.3 is 0 Å². The second-order valence-electron chi connectivity index (χ2n) is 7.73. The van der Waals surface area contributed by atoms with E-state index in [1.165, 1.54) is 28.6 Å². The lowest BCUT2D eigenvalue weighted by Crippen LogP contribution is -2.23. The van der Waals surface area contributed by atoms with Gasteiger partial charge in [-0.3, -0.25) is 14.2 Å². The van der Waals surface area contributed by atoms with Crippen molar-refractivity contribution in [1.82, 2.24) is 14.1 Å². The fourth-order valence-electron chi connectivity index (χ4n) is 4.31. The SMILES string of the molecule is C=CCn1c(C)cc(C(=O)CSc2nc3sc4c(c3c(=O)n2CC)CCCC4)c1C. The van der Waals surface area contributed by atoms with Gasteiger partial charge in [-0.1, -0.05) is 17.8 Å². The number of allylic oxidation sites excluding steroid dienone is 1. The Morgan fingerprint density at radius 3 is 2.80 bits per heavy atom. The van der Waals surface area contributed by atoms with E-state index in [9.17, 15) is 9.59 Å². The monoisotopic (exact) mass is 441 g/mol. The van der Waals surface area contributed by atoms with Crippen LogP contribution in [0.25, 0.3) is 10.2 Å². The first-order valence-corrected chi connectivity index (χ1v) is 12.2. The molecule has 3 aromatic heterocycles. The number of hydrogen-bond donors (Lipinski definition) is 0. The summed E-state index contributed by atoms with van der Waals surface area (Å²) in [4.78, 5) is 33.1. The lowest BCUT2D eigenvalue weighted by molar-refractivity contribution is 0.102. The van der Waals surface area contributed by atoms with Crippen molar-refractivity contribution in [2.75, 3.05) is 5.75 Å². The number of thiophene rings is 1. The average Bonchev–Trinajstić information content (AvgIpc) is 3.24. The van der Waals surface area contributed by atoms with Crippen molar-refractivity contribution in [1.29, 1.82) is 0 Å². The third-order valence-corrected chi connectivity index (χ3v) is 8.04. The van der Waals surface area contributed by atoms with E-state index in [1.54, 1.807) is 15.9 Å². The van der Waals surface area contributed by atoms with Crippen molar-refractivity contribution in [2.24, 2.45) is 0 Å². The maximum atomic E-state index is 13.2. The van der Waals surface area contributed by atoms with E-state index in [0.717, 1.165) is 46.4 Å². The van der Waals surface area contributed by atoms with Gasteiger partial charge in [0, 0.05) is 34.9 Å². The zero-order valence-corrected chi connectivity index (χ0v) is 19.4. The van der Waals surface area contributed by atoms with Gasteiger partial charge in [-0.25, -0.2) is 4.98 Å². The van der Waals surface area contributed by atoms with E-state index in [-0.39, 0.29) is 17.1 Å². The summed E-state index contributed by atoms with van der Waals surface area (Å²) in [6.07, 6.45) is 6.18. The molecule has 0 saturated carbocycles. The minimum absolute atomic E-state index is 0.0426. The van der Waals surface area contributed by atoms with Gasteiger partial charge in [0.1, 0.15) is 4.83 Å². The Bertz CT molecular complexity index is 1200. The van der Waals surface area contributed by atoms with E-state index < -0.39 is 0 Å². The molecule has 1 aliphatic rings. The summed E-state index contributed by atoms with van der Waals surface area (Å²) in [5, 5.41) is 1.45. The first-order valence-electron chi connectivity index (χ1n) is 10.4. The molecule has 0 saturated heterocycles. The summed E-state index contributed by atoms with van der Waals surface area (Å²) >= 11 is 3.02. The normalized spacial score (nSPS) is 13.6. The molecule has 7 heteroatoms. The van der Waals surface area contributed by atoms with E-state index in [4.69, 9.17) is 4.98 Å². The molecule has 4 rings (SSSR count). The molecular formula is C23H27N3O2S2. The lowest BCUT2D eigenvalue weighted by atomic mass is 9.97. The summed E-state index contributed by atoms with van der Waals surface area (Å²) in [5.74, 6) is 0.326. The Kier molecular flexibility index (Phi) is 6.02. The van der Waals surface area contributed by atoms with Crippen molar-refractivity contribution in [3.63, 3.8) is 0 Å². The molecule has 158 valence electrons. The smallest absolute Gasteiger partial charge is 0.263 e. The fraction of sp³-hybridized carbons (Fsp3) is 0.435. The summed E-state index contributed by atoms with van der Waals surface area (Å²) in [5.41, 5.74) is 4.00. The quantitative estimate of drug-likeness (QED) is 0.226. The molecule has 3 aromatic rings. The van der Waals surface area contributed by atoms with Crippen molar-refractivity contribution >= 4 is 39.1 Å². The van der Waals surface area contributed by atoms with Gasteiger partial charge in [-0.15, -0.1) is 17.9 Å². The number of fused-ring (bicyclic) bond motifs is 3. The third-order valence-electron chi connectivity index (χ3n) is 5.87. The van der Waals surface area contributed by atoms with Gasteiger partial charge in [0.05, 0.1) is 11.1 Å². The maximum Gasteiger partial charge on any atom is 0.263 e. The molecule has 0 spiro atoms. The molecule has 30 heavy (non-hydrogen) atoms. The van der Waals surface area contributed by atoms with E-state index in [0.29, 0.717) is 18.2 Å². The number of thioether (sulfide) groups is 1. The van der Waals surface area contributed by atoms with Crippen LogP contribution in [-0.4, -0.2) is 25.7 Å². The molecule has 0 unspecified atom stereocenters. The Labute approximate surface area is 184 Å². The van der Waals surface area contributed by atoms with Crippen molar-refractivity contribution in [2.45, 2.75) is 64.7 Å². The highest BCUT2D eigenvalue weighted by atomic mass is 32.2. The summed E-state index contributed by atoms with van der Waals surface area (Å²) in [6.45, 7) is 11.0. The number of Topliss-reactive ketones (excluding diaryl/α,β-unsaturated/α-hetero) is 1. The number of aromatic nitrogens is 3. The molecule has 0 radical (unpaired) electrons. The predicted molar refractivity (Wildman–Crippen MR) is 125 cm³/mol.